The fraction of sp³-hybridized carbons (Fsp3) is 0. The molecule has 3 rings (SSSR count). The minimum absolute atomic E-state index is 0.220. The second-order valence-corrected chi connectivity index (χ2v) is 4.40. The van der Waals surface area contributed by atoms with E-state index in [1.807, 2.05) is 0 Å². The molecule has 0 unspecified atom stereocenters. The number of para-hydroxylation sites is 1. The van der Waals surface area contributed by atoms with Gasteiger partial charge in [-0.05, 0) is 36.4 Å². The quantitative estimate of drug-likeness (QED) is 0.770. The van der Waals surface area contributed by atoms with Crippen molar-refractivity contribution in [2.75, 3.05) is 0 Å². The van der Waals surface area contributed by atoms with Crippen LogP contribution in [0, 0.1) is 0 Å². The highest BCUT2D eigenvalue weighted by Crippen LogP contribution is 2.28. The van der Waals surface area contributed by atoms with Gasteiger partial charge in [0.25, 0.3) is 0 Å². The van der Waals surface area contributed by atoms with Crippen molar-refractivity contribution in [3.8, 4) is 11.5 Å². The number of carboxylic acid groups (broad SMARTS) is 1. The Morgan fingerprint density at radius 3 is 2.53 bits per heavy atom. The van der Waals surface area contributed by atoms with Crippen LogP contribution in [0.4, 0.5) is 0 Å². The van der Waals surface area contributed by atoms with Gasteiger partial charge in [0.05, 0.1) is 10.6 Å². The van der Waals surface area contributed by atoms with Gasteiger partial charge in [-0.3, -0.25) is 0 Å². The molecule has 0 fully saturated rings. The first-order valence-electron chi connectivity index (χ1n) is 5.54. The average Bonchev–Trinajstić information content (AvgIpc) is 2.84. The Kier molecular flexibility index (Phi) is 2.72. The van der Waals surface area contributed by atoms with Crippen molar-refractivity contribution < 1.29 is 14.3 Å². The normalized spacial score (nSPS) is 10.8. The molecular weight excluding hydrogens is 266 g/mol. The molecule has 0 amide bonds. The van der Waals surface area contributed by atoms with Crippen LogP contribution < -0.4 is 0 Å². The number of fused-ring (bicyclic) bond motifs is 1. The first-order chi connectivity index (χ1) is 9.15. The van der Waals surface area contributed by atoms with E-state index in [0.717, 1.165) is 0 Å². The van der Waals surface area contributed by atoms with E-state index in [4.69, 9.17) is 21.1 Å². The third-order valence-corrected chi connectivity index (χ3v) is 3.04. The lowest BCUT2D eigenvalue weighted by molar-refractivity contribution is 0.0697. The van der Waals surface area contributed by atoms with E-state index >= 15 is 0 Å². The molecule has 0 saturated heterocycles. The van der Waals surface area contributed by atoms with E-state index in [2.05, 4.69) is 4.98 Å². The van der Waals surface area contributed by atoms with Gasteiger partial charge in [0.15, 0.2) is 5.58 Å². The molecule has 1 N–H and O–H groups in total. The number of hydrogen-bond acceptors (Lipinski definition) is 3. The maximum atomic E-state index is 10.8. The van der Waals surface area contributed by atoms with Gasteiger partial charge in [0.1, 0.15) is 5.52 Å². The lowest BCUT2D eigenvalue weighted by Crippen LogP contribution is -1.94. The second kappa shape index (κ2) is 4.40. The van der Waals surface area contributed by atoms with Crippen LogP contribution in [-0.4, -0.2) is 16.1 Å². The molecule has 0 aliphatic rings. The molecule has 0 spiro atoms. The van der Waals surface area contributed by atoms with Crippen molar-refractivity contribution in [1.82, 2.24) is 4.98 Å². The molecule has 1 aromatic heterocycles. The number of hydrogen-bond donors (Lipinski definition) is 1. The zero-order valence-corrected chi connectivity index (χ0v) is 10.4. The topological polar surface area (TPSA) is 63.3 Å². The van der Waals surface area contributed by atoms with E-state index in [-0.39, 0.29) is 5.56 Å². The molecule has 0 radical (unpaired) electrons. The molecule has 94 valence electrons. The van der Waals surface area contributed by atoms with Crippen LogP contribution in [0.5, 0.6) is 0 Å². The summed E-state index contributed by atoms with van der Waals surface area (Å²) in [6.45, 7) is 0. The fourth-order valence-electron chi connectivity index (χ4n) is 1.79. The van der Waals surface area contributed by atoms with Crippen molar-refractivity contribution in [2.24, 2.45) is 0 Å². The van der Waals surface area contributed by atoms with Crippen LogP contribution in [0.25, 0.3) is 22.6 Å². The first kappa shape index (κ1) is 11.7. The molecule has 0 saturated carbocycles. The monoisotopic (exact) mass is 273 g/mol. The van der Waals surface area contributed by atoms with Crippen LogP contribution in [0.3, 0.4) is 0 Å². The number of nitrogens with zero attached hydrogens (tertiary/aromatic N) is 1. The molecular formula is C14H8ClNO3. The summed E-state index contributed by atoms with van der Waals surface area (Å²) in [5, 5.41) is 9.34. The van der Waals surface area contributed by atoms with Crippen LogP contribution >= 0.6 is 11.6 Å². The molecule has 1 heterocycles. The van der Waals surface area contributed by atoms with Gasteiger partial charge >= 0.3 is 5.97 Å². The minimum Gasteiger partial charge on any atom is -0.478 e. The van der Waals surface area contributed by atoms with Crippen molar-refractivity contribution in [3.63, 3.8) is 0 Å². The third-order valence-electron chi connectivity index (χ3n) is 2.75. The molecule has 0 atom stereocenters. The molecule has 3 aromatic rings. The van der Waals surface area contributed by atoms with E-state index in [9.17, 15) is 4.79 Å². The molecule has 19 heavy (non-hydrogen) atoms. The van der Waals surface area contributed by atoms with Gasteiger partial charge in [-0.2, -0.15) is 0 Å². The van der Waals surface area contributed by atoms with Gasteiger partial charge in [-0.1, -0.05) is 17.7 Å². The zero-order chi connectivity index (χ0) is 13.4. The summed E-state index contributed by atoms with van der Waals surface area (Å²) in [6, 6.07) is 11.7. The second-order valence-electron chi connectivity index (χ2n) is 3.99. The highest BCUT2D eigenvalue weighted by Gasteiger charge is 2.11. The Morgan fingerprint density at radius 2 is 1.89 bits per heavy atom. The van der Waals surface area contributed by atoms with Crippen LogP contribution in [0.2, 0.25) is 5.02 Å². The molecule has 2 aromatic carbocycles. The number of carbonyl (C=O) groups is 1. The lowest BCUT2D eigenvalue weighted by Gasteiger charge is -1.96. The summed E-state index contributed by atoms with van der Waals surface area (Å²) in [5.74, 6) is -0.549. The van der Waals surface area contributed by atoms with E-state index < -0.39 is 5.97 Å². The van der Waals surface area contributed by atoms with Crippen molar-refractivity contribution in [3.05, 3.63) is 53.1 Å². The predicted molar refractivity (Wildman–Crippen MR) is 71.4 cm³/mol. The number of halogens is 1. The van der Waals surface area contributed by atoms with Crippen LogP contribution in [0.15, 0.2) is 46.9 Å². The third kappa shape index (κ3) is 2.06. The highest BCUT2D eigenvalue weighted by atomic mass is 35.5. The van der Waals surface area contributed by atoms with Gasteiger partial charge in [0, 0.05) is 5.56 Å². The smallest absolute Gasteiger partial charge is 0.335 e. The number of aromatic carboxylic acids is 1. The summed E-state index contributed by atoms with van der Waals surface area (Å²) in [7, 11) is 0. The summed E-state index contributed by atoms with van der Waals surface area (Å²) in [4.78, 5) is 15.1. The number of rotatable bonds is 2. The van der Waals surface area contributed by atoms with Gasteiger partial charge in [-0.25, -0.2) is 9.78 Å². The fourth-order valence-corrected chi connectivity index (χ4v) is 2.00. The first-order valence-corrected chi connectivity index (χ1v) is 5.92. The van der Waals surface area contributed by atoms with Crippen LogP contribution in [0.1, 0.15) is 10.4 Å². The molecule has 0 aliphatic heterocycles. The Hall–Kier alpha value is -2.33. The average molecular weight is 274 g/mol. The summed E-state index contributed by atoms with van der Waals surface area (Å²) in [6.07, 6.45) is 0. The Labute approximate surface area is 113 Å². The molecule has 5 heteroatoms. The molecule has 0 bridgehead atoms. The van der Waals surface area contributed by atoms with Crippen LogP contribution in [-0.2, 0) is 0 Å². The van der Waals surface area contributed by atoms with Crippen molar-refractivity contribution in [1.29, 1.82) is 0 Å². The summed E-state index contributed by atoms with van der Waals surface area (Å²) < 4.78 is 5.59. The number of aromatic nitrogens is 1. The van der Waals surface area contributed by atoms with E-state index in [1.165, 1.54) is 12.1 Å². The molecule has 4 nitrogen and oxygen atoms in total. The molecule has 0 aliphatic carbocycles. The number of oxazole rings is 1. The van der Waals surface area contributed by atoms with E-state index in [1.54, 1.807) is 30.3 Å². The lowest BCUT2D eigenvalue weighted by atomic mass is 10.1. The Morgan fingerprint density at radius 1 is 1.16 bits per heavy atom. The maximum absolute atomic E-state index is 10.8. The predicted octanol–water partition coefficient (Wildman–Crippen LogP) is 3.85. The Bertz CT molecular complexity index is 762. The SMILES string of the molecule is O=C(O)c1ccc(-c2nc3cccc(Cl)c3o2)cc1. The van der Waals surface area contributed by atoms with E-state index in [0.29, 0.717) is 27.6 Å². The van der Waals surface area contributed by atoms with Crippen molar-refractivity contribution in [2.45, 2.75) is 0 Å². The maximum Gasteiger partial charge on any atom is 0.335 e. The van der Waals surface area contributed by atoms with Gasteiger partial charge < -0.3 is 9.52 Å². The zero-order valence-electron chi connectivity index (χ0n) is 9.63. The standard InChI is InChI=1S/C14H8ClNO3/c15-10-2-1-3-11-12(10)19-13(16-11)8-4-6-9(7-5-8)14(17)18/h1-7H,(H,17,18). The highest BCUT2D eigenvalue weighted by molar-refractivity contribution is 6.34. The largest absolute Gasteiger partial charge is 0.478 e. The minimum atomic E-state index is -0.966. The van der Waals surface area contributed by atoms with Gasteiger partial charge in [0.2, 0.25) is 5.89 Å². The van der Waals surface area contributed by atoms with Crippen molar-refractivity contribution >= 4 is 28.7 Å². The van der Waals surface area contributed by atoms with Gasteiger partial charge in [-0.15, -0.1) is 0 Å². The summed E-state index contributed by atoms with van der Waals surface area (Å²) in [5.41, 5.74) is 2.13. The summed E-state index contributed by atoms with van der Waals surface area (Å²) >= 11 is 6.01. The number of benzene rings is 2. The number of carboxylic acids is 1. The Balaban J connectivity index is 2.09.